The lowest BCUT2D eigenvalue weighted by atomic mass is 9.79. The summed E-state index contributed by atoms with van der Waals surface area (Å²) in [6, 6.07) is 10.5. The van der Waals surface area contributed by atoms with E-state index >= 15 is 0 Å². The first kappa shape index (κ1) is 23.4. The number of hydrogen-bond donors (Lipinski definition) is 0. The Kier molecular flexibility index (Phi) is 4.96. The van der Waals surface area contributed by atoms with Crippen molar-refractivity contribution in [3.8, 4) is 10.4 Å². The lowest BCUT2D eigenvalue weighted by Crippen LogP contribution is -2.35. The van der Waals surface area contributed by atoms with Gasteiger partial charge in [0, 0.05) is 45.6 Å². The smallest absolute Gasteiger partial charge is 0.188 e. The Hall–Kier alpha value is -3.48. The fourth-order valence-electron chi connectivity index (χ4n) is 5.96. The molecule has 2 aliphatic carbocycles. The van der Waals surface area contributed by atoms with Crippen molar-refractivity contribution in [3.63, 3.8) is 0 Å². The van der Waals surface area contributed by atoms with Gasteiger partial charge in [0.25, 0.3) is 0 Å². The summed E-state index contributed by atoms with van der Waals surface area (Å²) in [6.07, 6.45) is -2.45. The molecule has 5 aromatic heterocycles. The molecular weight excluding hydrogens is 561 g/mol. The van der Waals surface area contributed by atoms with Crippen molar-refractivity contribution in [3.05, 3.63) is 36.5 Å². The van der Waals surface area contributed by atoms with E-state index in [1.165, 1.54) is 25.0 Å². The number of alkyl halides is 2. The van der Waals surface area contributed by atoms with Crippen molar-refractivity contribution in [1.29, 1.82) is 0 Å². The van der Waals surface area contributed by atoms with E-state index in [2.05, 4.69) is 54.6 Å². The zero-order chi connectivity index (χ0) is 26.6. The number of aromatic nitrogens is 4. The number of halogens is 2. The SMILES string of the molecule is Cn1c2cc(-c3cnc(N=C4C(=O)C5CC(F)C(F)CC5C4=O)c4nsnc34)sc2c2sc3ccccc3c21. The number of aryl methyl sites for hydroxylation is 1. The minimum Gasteiger partial charge on any atom is -0.342 e. The van der Waals surface area contributed by atoms with Gasteiger partial charge in [-0.15, -0.1) is 22.7 Å². The number of thiophene rings is 2. The first-order valence-corrected chi connectivity index (χ1v) is 14.7. The first-order valence-electron chi connectivity index (χ1n) is 12.4. The number of benzene rings is 1. The molecule has 0 spiro atoms. The molecule has 0 radical (unpaired) electrons. The van der Waals surface area contributed by atoms with Crippen LogP contribution >= 0.6 is 34.4 Å². The third-order valence-corrected chi connectivity index (χ3v) is 10.9. The van der Waals surface area contributed by atoms with Crippen molar-refractivity contribution in [1.82, 2.24) is 18.3 Å². The quantitative estimate of drug-likeness (QED) is 0.231. The van der Waals surface area contributed by atoms with Gasteiger partial charge in [0.15, 0.2) is 23.1 Å². The Morgan fingerprint density at radius 3 is 2.46 bits per heavy atom. The monoisotopic (exact) mass is 577 g/mol. The van der Waals surface area contributed by atoms with Crippen molar-refractivity contribution < 1.29 is 18.4 Å². The van der Waals surface area contributed by atoms with E-state index < -0.39 is 35.7 Å². The Morgan fingerprint density at radius 1 is 0.974 bits per heavy atom. The number of pyridine rings is 1. The average Bonchev–Trinajstić information content (AvgIpc) is 3.73. The molecule has 1 aromatic carbocycles. The number of nitrogens with zero attached hydrogens (tertiary/aromatic N) is 5. The van der Waals surface area contributed by atoms with Crippen LogP contribution in [0.3, 0.4) is 0 Å². The molecule has 6 aromatic rings. The van der Waals surface area contributed by atoms with Gasteiger partial charge in [0.1, 0.15) is 23.4 Å². The van der Waals surface area contributed by atoms with Crippen molar-refractivity contribution in [2.45, 2.75) is 25.2 Å². The summed E-state index contributed by atoms with van der Waals surface area (Å²) < 4.78 is 42.6. The molecule has 5 heterocycles. The Morgan fingerprint density at radius 2 is 1.69 bits per heavy atom. The lowest BCUT2D eigenvalue weighted by molar-refractivity contribution is -0.123. The summed E-state index contributed by atoms with van der Waals surface area (Å²) >= 11 is 4.43. The van der Waals surface area contributed by atoms with Gasteiger partial charge < -0.3 is 4.57 Å². The van der Waals surface area contributed by atoms with Crippen LogP contribution in [0, 0.1) is 11.8 Å². The maximum absolute atomic E-state index is 14.0. The molecule has 194 valence electrons. The largest absolute Gasteiger partial charge is 0.342 e. The highest BCUT2D eigenvalue weighted by Crippen LogP contribution is 2.47. The lowest BCUT2D eigenvalue weighted by Gasteiger charge is -2.27. The van der Waals surface area contributed by atoms with E-state index in [1.807, 2.05) is 6.07 Å². The van der Waals surface area contributed by atoms with Crippen LogP contribution in [0.15, 0.2) is 41.5 Å². The second kappa shape index (κ2) is 8.26. The number of carbonyl (C=O) groups is 2. The van der Waals surface area contributed by atoms with Gasteiger partial charge in [-0.25, -0.2) is 18.8 Å². The molecule has 0 aliphatic heterocycles. The standard InChI is InChI=1S/C27H17F2N5O2S3/c1-34-16-8-18(38-25(16)26-22(34)10-4-2-3-5-17(10)37-26)13-9-30-27(20-19(13)32-39-33-20)31-21-23(35)11-6-14(28)15(29)7-12(11)24(21)36/h2-5,8-9,11-12,14-15H,6-7H2,1H3. The minimum absolute atomic E-state index is 0.111. The van der Waals surface area contributed by atoms with Gasteiger partial charge in [0.2, 0.25) is 0 Å². The second-order valence-electron chi connectivity index (χ2n) is 10.0. The molecule has 2 saturated carbocycles. The zero-order valence-corrected chi connectivity index (χ0v) is 22.7. The van der Waals surface area contributed by atoms with E-state index in [0.29, 0.717) is 11.0 Å². The number of ketones is 2. The Balaban J connectivity index is 1.23. The highest BCUT2D eigenvalue weighted by Gasteiger charge is 2.52. The van der Waals surface area contributed by atoms with E-state index in [-0.39, 0.29) is 24.4 Å². The molecule has 0 N–H and O–H groups in total. The Labute approximate surface area is 231 Å². The normalized spacial score (nSPS) is 23.6. The van der Waals surface area contributed by atoms with Crippen molar-refractivity contribution in [2.24, 2.45) is 23.9 Å². The summed E-state index contributed by atoms with van der Waals surface area (Å²) in [5, 5.41) is 1.24. The third kappa shape index (κ3) is 3.22. The molecule has 2 aliphatic rings. The van der Waals surface area contributed by atoms with Crippen molar-refractivity contribution in [2.75, 3.05) is 0 Å². The maximum atomic E-state index is 14.0. The number of carbonyl (C=O) groups excluding carboxylic acids is 2. The van der Waals surface area contributed by atoms with Crippen LogP contribution in [0.25, 0.3) is 52.0 Å². The Bertz CT molecular complexity index is 2020. The fourth-order valence-corrected chi connectivity index (χ4v) is 9.09. The molecule has 4 atom stereocenters. The van der Waals surface area contributed by atoms with E-state index in [4.69, 9.17) is 0 Å². The molecule has 7 nitrogen and oxygen atoms in total. The predicted octanol–water partition coefficient (Wildman–Crippen LogP) is 6.60. The fraction of sp³-hybridized carbons (Fsp3) is 0.259. The van der Waals surface area contributed by atoms with Crippen LogP contribution in [0.4, 0.5) is 14.6 Å². The highest BCUT2D eigenvalue weighted by atomic mass is 32.1. The first-order chi connectivity index (χ1) is 18.9. The third-order valence-electron chi connectivity index (χ3n) is 7.92. The molecule has 12 heteroatoms. The topological polar surface area (TPSA) is 90.1 Å². The maximum Gasteiger partial charge on any atom is 0.188 e. The van der Waals surface area contributed by atoms with Gasteiger partial charge >= 0.3 is 0 Å². The van der Waals surface area contributed by atoms with Gasteiger partial charge in [-0.3, -0.25) is 9.59 Å². The van der Waals surface area contributed by atoms with Gasteiger partial charge in [-0.1, -0.05) is 18.2 Å². The van der Waals surface area contributed by atoms with Crippen LogP contribution in [0.1, 0.15) is 12.8 Å². The van der Waals surface area contributed by atoms with Crippen LogP contribution in [0.5, 0.6) is 0 Å². The molecule has 0 bridgehead atoms. The van der Waals surface area contributed by atoms with Gasteiger partial charge in [-0.05, 0) is 25.0 Å². The summed E-state index contributed by atoms with van der Waals surface area (Å²) in [5.41, 5.74) is 3.79. The van der Waals surface area contributed by atoms with E-state index in [0.717, 1.165) is 27.7 Å². The van der Waals surface area contributed by atoms with Crippen LogP contribution in [-0.4, -0.2) is 47.9 Å². The molecule has 0 amide bonds. The number of rotatable bonds is 2. The summed E-state index contributed by atoms with van der Waals surface area (Å²) in [7, 11) is 2.07. The zero-order valence-electron chi connectivity index (χ0n) is 20.2. The molecular formula is C27H17F2N5O2S3. The van der Waals surface area contributed by atoms with E-state index in [9.17, 15) is 18.4 Å². The highest BCUT2D eigenvalue weighted by molar-refractivity contribution is 7.32. The summed E-state index contributed by atoms with van der Waals surface area (Å²) in [4.78, 5) is 35.6. The van der Waals surface area contributed by atoms with Crippen LogP contribution in [0.2, 0.25) is 0 Å². The molecule has 8 rings (SSSR count). The number of aliphatic imine (C=N–C) groups is 1. The number of Topliss-reactive ketones (excluding diaryl/α,β-unsaturated/α-hetero) is 2. The van der Waals surface area contributed by atoms with Gasteiger partial charge in [0.05, 0.1) is 32.2 Å². The van der Waals surface area contributed by atoms with Crippen molar-refractivity contribution >= 4 is 99.1 Å². The number of fused-ring (bicyclic) bond motifs is 7. The molecule has 2 fully saturated rings. The summed E-state index contributed by atoms with van der Waals surface area (Å²) in [5.74, 6) is -2.71. The molecule has 4 unspecified atom stereocenters. The van der Waals surface area contributed by atoms with Crippen LogP contribution < -0.4 is 0 Å². The second-order valence-corrected chi connectivity index (χ2v) is 12.7. The molecule has 0 saturated heterocycles. The summed E-state index contributed by atoms with van der Waals surface area (Å²) in [6.45, 7) is 0. The number of hydrogen-bond acceptors (Lipinski definition) is 9. The molecule has 39 heavy (non-hydrogen) atoms. The predicted molar refractivity (Wildman–Crippen MR) is 151 cm³/mol. The average molecular weight is 578 g/mol. The minimum atomic E-state index is -1.75. The van der Waals surface area contributed by atoms with Crippen LogP contribution in [-0.2, 0) is 16.6 Å². The van der Waals surface area contributed by atoms with E-state index in [1.54, 1.807) is 28.9 Å². The van der Waals surface area contributed by atoms with Gasteiger partial charge in [-0.2, -0.15) is 8.75 Å².